The second kappa shape index (κ2) is 9.85. The molecule has 1 aliphatic heterocycles. The summed E-state index contributed by atoms with van der Waals surface area (Å²) < 4.78 is 11.1. The number of urea groups is 1. The van der Waals surface area contributed by atoms with Crippen LogP contribution < -0.4 is 25.0 Å². The molecule has 162 valence electrons. The highest BCUT2D eigenvalue weighted by atomic mass is 16.5. The third-order valence-corrected chi connectivity index (χ3v) is 5.67. The van der Waals surface area contributed by atoms with Crippen molar-refractivity contribution in [2.45, 2.75) is 45.8 Å². The number of nitrogens with one attached hydrogen (secondary N) is 3. The molecule has 0 radical (unpaired) electrons. The third-order valence-electron chi connectivity index (χ3n) is 5.67. The van der Waals surface area contributed by atoms with Gasteiger partial charge in [-0.25, -0.2) is 4.79 Å². The summed E-state index contributed by atoms with van der Waals surface area (Å²) in [5.74, 6) is 1.48. The van der Waals surface area contributed by atoms with Gasteiger partial charge in [0.05, 0.1) is 27.3 Å². The predicted octanol–water partition coefficient (Wildman–Crippen LogP) is 2.40. The topological polar surface area (TPSA) is 64.0 Å². The Bertz CT molecular complexity index is 865. The molecule has 0 aromatic heterocycles. The number of carbonyl (C=O) groups excluding carboxylic acids is 1. The number of amides is 2. The van der Waals surface area contributed by atoms with E-state index in [0.717, 1.165) is 31.0 Å². The monoisotopic (exact) mass is 412 g/mol. The lowest BCUT2D eigenvalue weighted by Gasteiger charge is -2.35. The molecule has 2 aromatic rings. The van der Waals surface area contributed by atoms with E-state index in [1.54, 1.807) is 14.2 Å². The van der Waals surface area contributed by atoms with E-state index in [0.29, 0.717) is 6.54 Å². The third kappa shape index (κ3) is 5.25. The minimum absolute atomic E-state index is 0.101. The fraction of sp³-hybridized carbons (Fsp3) is 0.458. The molecule has 0 bridgehead atoms. The van der Waals surface area contributed by atoms with Crippen molar-refractivity contribution in [1.29, 1.82) is 0 Å². The van der Waals surface area contributed by atoms with Crippen molar-refractivity contribution in [3.05, 3.63) is 58.7 Å². The van der Waals surface area contributed by atoms with Crippen LogP contribution >= 0.6 is 0 Å². The van der Waals surface area contributed by atoms with Crippen LogP contribution in [0.1, 0.15) is 42.1 Å². The Hall–Kier alpha value is -2.73. The molecule has 6 nitrogen and oxygen atoms in total. The minimum Gasteiger partial charge on any atom is -0.493 e. The number of hydrogen-bond acceptors (Lipinski definition) is 3. The standard InChI is InChI=1S/C24H33N3O3/c1-16(2)26-24(28)25-14-21-20-13-23(30-5)22(29-4)12-19(20)10-11-27(21)15-18-8-6-17(3)7-9-18/h6-9,12-13,16,21H,10-11,14-15H2,1-5H3,(H2,25,26,28)/p+1/t21-/m1/s1. The molecule has 0 saturated carbocycles. The van der Waals surface area contributed by atoms with Crippen LogP contribution in [0.5, 0.6) is 11.5 Å². The number of rotatable bonds is 7. The van der Waals surface area contributed by atoms with E-state index in [-0.39, 0.29) is 18.1 Å². The summed E-state index contributed by atoms with van der Waals surface area (Å²) in [6, 6.07) is 13.0. The Morgan fingerprint density at radius 2 is 1.80 bits per heavy atom. The zero-order valence-corrected chi connectivity index (χ0v) is 18.7. The second-order valence-electron chi connectivity index (χ2n) is 8.29. The van der Waals surface area contributed by atoms with Gasteiger partial charge in [-0.05, 0) is 38.5 Å². The van der Waals surface area contributed by atoms with Gasteiger partial charge in [0, 0.05) is 23.6 Å². The van der Waals surface area contributed by atoms with E-state index in [1.807, 2.05) is 13.8 Å². The Balaban J connectivity index is 1.88. The van der Waals surface area contributed by atoms with E-state index in [9.17, 15) is 4.79 Å². The Morgan fingerprint density at radius 3 is 2.43 bits per heavy atom. The maximum absolute atomic E-state index is 12.3. The van der Waals surface area contributed by atoms with Gasteiger partial charge in [-0.15, -0.1) is 0 Å². The molecule has 2 amide bonds. The van der Waals surface area contributed by atoms with Gasteiger partial charge in [-0.3, -0.25) is 0 Å². The molecule has 0 saturated heterocycles. The normalized spacial score (nSPS) is 17.9. The minimum atomic E-state index is -0.132. The lowest BCUT2D eigenvalue weighted by Crippen LogP contribution is -3.12. The highest BCUT2D eigenvalue weighted by Gasteiger charge is 2.33. The molecular weight excluding hydrogens is 378 g/mol. The molecule has 2 atom stereocenters. The Labute approximate surface area is 179 Å². The number of benzene rings is 2. The molecule has 1 unspecified atom stereocenters. The summed E-state index contributed by atoms with van der Waals surface area (Å²) in [4.78, 5) is 13.7. The number of fused-ring (bicyclic) bond motifs is 1. The van der Waals surface area contributed by atoms with Gasteiger partial charge >= 0.3 is 6.03 Å². The molecule has 6 heteroatoms. The number of aryl methyl sites for hydroxylation is 1. The first-order chi connectivity index (χ1) is 14.4. The van der Waals surface area contributed by atoms with E-state index in [4.69, 9.17) is 9.47 Å². The van der Waals surface area contributed by atoms with E-state index in [2.05, 4.69) is 54.0 Å². The van der Waals surface area contributed by atoms with Crippen molar-refractivity contribution in [3.8, 4) is 11.5 Å². The molecule has 0 fully saturated rings. The summed E-state index contributed by atoms with van der Waals surface area (Å²) in [7, 11) is 3.32. The average Bonchev–Trinajstić information content (AvgIpc) is 2.72. The lowest BCUT2D eigenvalue weighted by molar-refractivity contribution is -0.945. The Morgan fingerprint density at radius 1 is 1.13 bits per heavy atom. The zero-order valence-electron chi connectivity index (χ0n) is 18.7. The van der Waals surface area contributed by atoms with Crippen LogP contribution in [0.4, 0.5) is 4.79 Å². The van der Waals surface area contributed by atoms with Gasteiger partial charge in [0.25, 0.3) is 0 Å². The van der Waals surface area contributed by atoms with Crippen LogP contribution in [0, 0.1) is 6.92 Å². The largest absolute Gasteiger partial charge is 0.493 e. The van der Waals surface area contributed by atoms with Crippen LogP contribution in [0.15, 0.2) is 36.4 Å². The molecule has 3 N–H and O–H groups in total. The highest BCUT2D eigenvalue weighted by Crippen LogP contribution is 2.34. The van der Waals surface area contributed by atoms with Gasteiger partial charge in [-0.2, -0.15) is 0 Å². The van der Waals surface area contributed by atoms with Crippen LogP contribution in [0.25, 0.3) is 0 Å². The van der Waals surface area contributed by atoms with Gasteiger partial charge < -0.3 is 25.0 Å². The average molecular weight is 413 g/mol. The van der Waals surface area contributed by atoms with E-state index < -0.39 is 0 Å². The molecular formula is C24H34N3O3+. The van der Waals surface area contributed by atoms with Crippen LogP contribution in [-0.4, -0.2) is 39.4 Å². The fourth-order valence-electron chi connectivity index (χ4n) is 4.11. The number of quaternary nitrogens is 1. The summed E-state index contributed by atoms with van der Waals surface area (Å²) >= 11 is 0. The molecule has 1 heterocycles. The number of methoxy groups -OCH3 is 2. The summed E-state index contributed by atoms with van der Waals surface area (Å²) in [5.41, 5.74) is 5.04. The molecule has 30 heavy (non-hydrogen) atoms. The summed E-state index contributed by atoms with van der Waals surface area (Å²) in [6.07, 6.45) is 0.964. The number of carbonyl (C=O) groups is 1. The van der Waals surface area contributed by atoms with Crippen molar-refractivity contribution in [2.75, 3.05) is 27.3 Å². The molecule has 2 aromatic carbocycles. The smallest absolute Gasteiger partial charge is 0.315 e. The Kier molecular flexibility index (Phi) is 7.21. The van der Waals surface area contributed by atoms with Gasteiger partial charge in [0.2, 0.25) is 0 Å². The number of hydrogen-bond donors (Lipinski definition) is 3. The lowest BCUT2D eigenvalue weighted by atomic mass is 9.91. The fourth-order valence-corrected chi connectivity index (χ4v) is 4.11. The first-order valence-corrected chi connectivity index (χ1v) is 10.6. The van der Waals surface area contributed by atoms with E-state index in [1.165, 1.54) is 27.2 Å². The summed E-state index contributed by atoms with van der Waals surface area (Å²) in [5, 5.41) is 5.99. The van der Waals surface area contributed by atoms with Gasteiger partial charge in [0.1, 0.15) is 12.6 Å². The maximum atomic E-state index is 12.3. The first-order valence-electron chi connectivity index (χ1n) is 10.6. The number of ether oxygens (including phenoxy) is 2. The highest BCUT2D eigenvalue weighted by molar-refractivity contribution is 5.74. The van der Waals surface area contributed by atoms with Crippen molar-refractivity contribution in [3.63, 3.8) is 0 Å². The van der Waals surface area contributed by atoms with Crippen LogP contribution in [-0.2, 0) is 13.0 Å². The maximum Gasteiger partial charge on any atom is 0.315 e. The van der Waals surface area contributed by atoms with Gasteiger partial charge in [-0.1, -0.05) is 29.8 Å². The zero-order chi connectivity index (χ0) is 21.7. The van der Waals surface area contributed by atoms with Crippen molar-refractivity contribution < 1.29 is 19.2 Å². The quantitative estimate of drug-likeness (QED) is 0.654. The molecule has 0 aliphatic carbocycles. The molecule has 0 spiro atoms. The van der Waals surface area contributed by atoms with Crippen molar-refractivity contribution >= 4 is 6.03 Å². The van der Waals surface area contributed by atoms with Gasteiger partial charge in [0.15, 0.2) is 11.5 Å². The van der Waals surface area contributed by atoms with Crippen molar-refractivity contribution in [2.24, 2.45) is 0 Å². The predicted molar refractivity (Wildman–Crippen MR) is 118 cm³/mol. The summed E-state index contributed by atoms with van der Waals surface area (Å²) in [6.45, 7) is 8.49. The molecule has 1 aliphatic rings. The SMILES string of the molecule is COc1cc2c(cc1OC)[C@@H](CNC(=O)NC(C)C)[NH+](Cc1ccc(C)cc1)CC2. The van der Waals surface area contributed by atoms with Crippen LogP contribution in [0.3, 0.4) is 0 Å². The van der Waals surface area contributed by atoms with Crippen molar-refractivity contribution in [1.82, 2.24) is 10.6 Å². The first kappa shape index (κ1) is 22.0. The molecule has 3 rings (SSSR count). The van der Waals surface area contributed by atoms with E-state index >= 15 is 0 Å². The van der Waals surface area contributed by atoms with Crippen LogP contribution in [0.2, 0.25) is 0 Å². The second-order valence-corrected chi connectivity index (χ2v) is 8.29.